The molecule has 1 fully saturated rings. The van der Waals surface area contributed by atoms with Gasteiger partial charge in [-0.3, -0.25) is 0 Å². The summed E-state index contributed by atoms with van der Waals surface area (Å²) in [6, 6.07) is 10.9. The molecule has 1 aromatic carbocycles. The van der Waals surface area contributed by atoms with Crippen LogP contribution >= 0.6 is 35.3 Å². The summed E-state index contributed by atoms with van der Waals surface area (Å²) < 4.78 is 11.7. The molecule has 1 saturated heterocycles. The number of aryl methyl sites for hydroxylation is 1. The molecule has 2 atom stereocenters. The molecule has 0 saturated carbocycles. The van der Waals surface area contributed by atoms with E-state index >= 15 is 0 Å². The normalized spacial score (nSPS) is 17.2. The summed E-state index contributed by atoms with van der Waals surface area (Å²) in [5.74, 6) is 2.23. The molecular weight excluding hydrogens is 535 g/mol. The number of hydrogen-bond acceptors (Lipinski definition) is 5. The molecule has 1 aliphatic heterocycles. The Morgan fingerprint density at radius 2 is 2.16 bits per heavy atom. The molecule has 1 aliphatic rings. The fourth-order valence-electron chi connectivity index (χ4n) is 3.57. The number of thiophene rings is 1. The topological polar surface area (TPSA) is 58.1 Å². The fourth-order valence-corrected chi connectivity index (χ4v) is 4.49. The molecule has 0 aliphatic carbocycles. The average Bonchev–Trinajstić information content (AvgIpc) is 3.45. The van der Waals surface area contributed by atoms with Crippen molar-refractivity contribution in [1.29, 1.82) is 0 Å². The molecule has 2 N–H and O–H groups in total. The number of aliphatic imine (C=N–C) groups is 1. The number of halogens is 1. The van der Waals surface area contributed by atoms with Crippen LogP contribution in [0.2, 0.25) is 0 Å². The standard InChI is InChI=1S/C24H36N4O2S.HI/c1-5-25-24(27-15-21(28(3)4)23-7-6-12-31-23)26-14-20-9-8-18(2)13-22(20)30-17-19-10-11-29-16-19;/h6-9,12-13,19,21H,5,10-11,14-17H2,1-4H3,(H2,25,26,27);1H. The van der Waals surface area contributed by atoms with Gasteiger partial charge < -0.3 is 25.0 Å². The second kappa shape index (κ2) is 14.0. The van der Waals surface area contributed by atoms with Gasteiger partial charge in [0.2, 0.25) is 0 Å². The lowest BCUT2D eigenvalue weighted by Gasteiger charge is -2.24. The molecule has 178 valence electrons. The van der Waals surface area contributed by atoms with Gasteiger partial charge in [-0.25, -0.2) is 4.99 Å². The smallest absolute Gasteiger partial charge is 0.191 e. The zero-order valence-electron chi connectivity index (χ0n) is 19.6. The van der Waals surface area contributed by atoms with Crippen molar-refractivity contribution in [3.8, 4) is 5.75 Å². The predicted octanol–water partition coefficient (Wildman–Crippen LogP) is 4.45. The van der Waals surface area contributed by atoms with Crippen LogP contribution in [0.15, 0.2) is 40.7 Å². The van der Waals surface area contributed by atoms with Crippen LogP contribution in [0.3, 0.4) is 0 Å². The van der Waals surface area contributed by atoms with E-state index in [1.54, 1.807) is 11.3 Å². The number of likely N-dealkylation sites (N-methyl/N-ethyl adjacent to an activating group) is 1. The van der Waals surface area contributed by atoms with Crippen molar-refractivity contribution >= 4 is 41.3 Å². The molecule has 3 rings (SSSR count). The van der Waals surface area contributed by atoms with Crippen LogP contribution in [-0.2, 0) is 11.3 Å². The van der Waals surface area contributed by atoms with Gasteiger partial charge >= 0.3 is 0 Å². The van der Waals surface area contributed by atoms with Crippen LogP contribution in [-0.4, -0.2) is 57.9 Å². The number of ether oxygens (including phenoxy) is 2. The van der Waals surface area contributed by atoms with Gasteiger partial charge in [0.25, 0.3) is 0 Å². The highest BCUT2D eigenvalue weighted by molar-refractivity contribution is 14.0. The molecule has 2 heterocycles. The Kier molecular flexibility index (Phi) is 11.8. The molecule has 0 bridgehead atoms. The van der Waals surface area contributed by atoms with E-state index in [9.17, 15) is 0 Å². The lowest BCUT2D eigenvalue weighted by Crippen LogP contribution is -2.41. The van der Waals surface area contributed by atoms with Crippen LogP contribution in [0, 0.1) is 12.8 Å². The number of benzene rings is 1. The minimum absolute atomic E-state index is 0. The molecule has 2 aromatic rings. The maximum Gasteiger partial charge on any atom is 0.191 e. The average molecular weight is 573 g/mol. The first-order valence-corrected chi connectivity index (χ1v) is 12.0. The number of nitrogens with one attached hydrogen (secondary N) is 2. The summed E-state index contributed by atoms with van der Waals surface area (Å²) >= 11 is 1.79. The molecule has 0 amide bonds. The minimum atomic E-state index is 0. The third kappa shape index (κ3) is 8.20. The van der Waals surface area contributed by atoms with E-state index in [1.807, 2.05) is 0 Å². The third-order valence-corrected chi connectivity index (χ3v) is 6.40. The van der Waals surface area contributed by atoms with Crippen molar-refractivity contribution in [1.82, 2.24) is 15.5 Å². The van der Waals surface area contributed by atoms with Gasteiger partial charge in [-0.2, -0.15) is 0 Å². The zero-order valence-corrected chi connectivity index (χ0v) is 22.7. The number of hydrogen-bond donors (Lipinski definition) is 2. The van der Waals surface area contributed by atoms with E-state index < -0.39 is 0 Å². The van der Waals surface area contributed by atoms with Crippen LogP contribution < -0.4 is 15.4 Å². The van der Waals surface area contributed by atoms with E-state index in [0.29, 0.717) is 25.1 Å². The van der Waals surface area contributed by atoms with Gasteiger partial charge in [-0.15, -0.1) is 35.3 Å². The first kappa shape index (κ1) is 26.9. The molecular formula is C24H37IN4O2S. The summed E-state index contributed by atoms with van der Waals surface area (Å²) in [6.45, 7) is 8.69. The summed E-state index contributed by atoms with van der Waals surface area (Å²) in [4.78, 5) is 8.42. The van der Waals surface area contributed by atoms with E-state index in [0.717, 1.165) is 50.0 Å². The van der Waals surface area contributed by atoms with Gasteiger partial charge in [0.05, 0.1) is 25.8 Å². The van der Waals surface area contributed by atoms with Gasteiger partial charge in [0.15, 0.2) is 5.96 Å². The molecule has 1 aromatic heterocycles. The molecule has 0 radical (unpaired) electrons. The fraction of sp³-hybridized carbons (Fsp3) is 0.542. The second-order valence-electron chi connectivity index (χ2n) is 8.22. The molecule has 32 heavy (non-hydrogen) atoms. The summed E-state index contributed by atoms with van der Waals surface area (Å²) in [6.07, 6.45) is 1.07. The Morgan fingerprint density at radius 1 is 1.31 bits per heavy atom. The van der Waals surface area contributed by atoms with Gasteiger partial charge in [0.1, 0.15) is 5.75 Å². The van der Waals surface area contributed by atoms with Crippen molar-refractivity contribution in [3.05, 3.63) is 51.7 Å². The van der Waals surface area contributed by atoms with E-state index in [1.165, 1.54) is 10.4 Å². The number of guanidine groups is 1. The summed E-state index contributed by atoms with van der Waals surface area (Å²) in [5.41, 5.74) is 2.30. The predicted molar refractivity (Wildman–Crippen MR) is 145 cm³/mol. The van der Waals surface area contributed by atoms with Crippen molar-refractivity contribution in [2.24, 2.45) is 10.9 Å². The van der Waals surface area contributed by atoms with Crippen molar-refractivity contribution in [3.63, 3.8) is 0 Å². The number of rotatable bonds is 10. The van der Waals surface area contributed by atoms with E-state index in [4.69, 9.17) is 14.5 Å². The highest BCUT2D eigenvalue weighted by Crippen LogP contribution is 2.24. The van der Waals surface area contributed by atoms with E-state index in [2.05, 4.69) is 79.2 Å². The van der Waals surface area contributed by atoms with Crippen LogP contribution in [0.1, 0.15) is 35.4 Å². The van der Waals surface area contributed by atoms with Gasteiger partial charge in [-0.1, -0.05) is 18.2 Å². The highest BCUT2D eigenvalue weighted by Gasteiger charge is 2.18. The SMILES string of the molecule is CCNC(=NCc1ccc(C)cc1OCC1CCOC1)NCC(c1cccs1)N(C)C.I. The Labute approximate surface area is 213 Å². The first-order valence-electron chi connectivity index (χ1n) is 11.1. The number of nitrogens with zero attached hydrogens (tertiary/aromatic N) is 2. The van der Waals surface area contributed by atoms with Crippen molar-refractivity contribution in [2.45, 2.75) is 32.9 Å². The Bertz CT molecular complexity index is 823. The van der Waals surface area contributed by atoms with Gasteiger partial charge in [-0.05, 0) is 57.4 Å². The van der Waals surface area contributed by atoms with Crippen LogP contribution in [0.4, 0.5) is 0 Å². The van der Waals surface area contributed by atoms with Crippen LogP contribution in [0.25, 0.3) is 0 Å². The molecule has 0 spiro atoms. The summed E-state index contributed by atoms with van der Waals surface area (Å²) in [5, 5.41) is 9.01. The molecule has 6 nitrogen and oxygen atoms in total. The maximum absolute atomic E-state index is 6.18. The largest absolute Gasteiger partial charge is 0.493 e. The monoisotopic (exact) mass is 572 g/mol. The Morgan fingerprint density at radius 3 is 2.81 bits per heavy atom. The second-order valence-corrected chi connectivity index (χ2v) is 9.20. The minimum Gasteiger partial charge on any atom is -0.493 e. The lowest BCUT2D eigenvalue weighted by atomic mass is 10.1. The zero-order chi connectivity index (χ0) is 22.1. The summed E-state index contributed by atoms with van der Waals surface area (Å²) in [7, 11) is 4.23. The highest BCUT2D eigenvalue weighted by atomic mass is 127. The first-order chi connectivity index (χ1) is 15.1. The Hall–Kier alpha value is -1.36. The lowest BCUT2D eigenvalue weighted by molar-refractivity contribution is 0.166. The third-order valence-electron chi connectivity index (χ3n) is 5.43. The maximum atomic E-state index is 6.18. The van der Waals surface area contributed by atoms with Gasteiger partial charge in [0, 0.05) is 36.1 Å². The van der Waals surface area contributed by atoms with E-state index in [-0.39, 0.29) is 24.0 Å². The van der Waals surface area contributed by atoms with Crippen molar-refractivity contribution in [2.75, 3.05) is 47.0 Å². The van der Waals surface area contributed by atoms with Crippen LogP contribution in [0.5, 0.6) is 5.75 Å². The molecule has 8 heteroatoms. The molecule has 2 unspecified atom stereocenters. The van der Waals surface area contributed by atoms with Crippen molar-refractivity contribution < 1.29 is 9.47 Å². The quantitative estimate of drug-likeness (QED) is 0.251. The Balaban J connectivity index is 0.00000363.